The van der Waals surface area contributed by atoms with Crippen LogP contribution in [-0.4, -0.2) is 9.97 Å². The van der Waals surface area contributed by atoms with Crippen LogP contribution in [0.15, 0.2) is 28.6 Å². The first-order chi connectivity index (χ1) is 7.77. The Morgan fingerprint density at radius 3 is 3.06 bits per heavy atom. The normalized spacial score (nSPS) is 11.1. The third kappa shape index (κ3) is 1.32. The van der Waals surface area contributed by atoms with Crippen LogP contribution in [-0.2, 0) is 0 Å². The monoisotopic (exact) mass is 248 g/mol. The number of nitrogens with zero attached hydrogens (tertiary/aromatic N) is 1. The summed E-state index contributed by atoms with van der Waals surface area (Å²) >= 11 is 3.21. The molecule has 0 saturated carbocycles. The molecule has 0 atom stereocenters. The first-order valence-electron chi connectivity index (χ1n) is 4.78. The van der Waals surface area contributed by atoms with Gasteiger partial charge in [-0.1, -0.05) is 6.07 Å². The zero-order chi connectivity index (χ0) is 11.1. The molecule has 3 aromatic heterocycles. The number of rotatable bonds is 1. The lowest BCUT2D eigenvalue weighted by atomic mass is 10.1. The van der Waals surface area contributed by atoms with E-state index in [0.29, 0.717) is 5.39 Å². The summed E-state index contributed by atoms with van der Waals surface area (Å²) in [5.74, 6) is 0. The standard InChI is InChI=1S/C11H8N2OS2/c1-6-8(7-3-2-4-15-7)9-10(14)12-5-13-11(9)16-6/h2-5H,1H3,(H,12,13,14). The average Bonchev–Trinajstić information content (AvgIpc) is 2.84. The minimum Gasteiger partial charge on any atom is -0.313 e. The van der Waals surface area contributed by atoms with Crippen molar-refractivity contribution in [2.75, 3.05) is 0 Å². The van der Waals surface area contributed by atoms with Gasteiger partial charge < -0.3 is 4.98 Å². The van der Waals surface area contributed by atoms with Crippen LogP contribution in [0, 0.1) is 6.92 Å². The van der Waals surface area contributed by atoms with E-state index in [2.05, 4.69) is 9.97 Å². The molecule has 0 saturated heterocycles. The fraction of sp³-hybridized carbons (Fsp3) is 0.0909. The summed E-state index contributed by atoms with van der Waals surface area (Å²) in [6.07, 6.45) is 1.46. The molecule has 5 heteroatoms. The molecule has 0 aliphatic carbocycles. The highest BCUT2D eigenvalue weighted by molar-refractivity contribution is 7.20. The van der Waals surface area contributed by atoms with Crippen molar-refractivity contribution in [3.63, 3.8) is 0 Å². The van der Waals surface area contributed by atoms with E-state index >= 15 is 0 Å². The Balaban J connectivity index is 2.49. The molecule has 0 aliphatic rings. The largest absolute Gasteiger partial charge is 0.313 e. The molecule has 3 rings (SSSR count). The van der Waals surface area contributed by atoms with E-state index in [9.17, 15) is 4.79 Å². The lowest BCUT2D eigenvalue weighted by Crippen LogP contribution is -2.05. The number of thiophene rings is 2. The van der Waals surface area contributed by atoms with Gasteiger partial charge in [-0.15, -0.1) is 22.7 Å². The van der Waals surface area contributed by atoms with Crippen molar-refractivity contribution in [2.45, 2.75) is 6.92 Å². The van der Waals surface area contributed by atoms with Gasteiger partial charge in [0.1, 0.15) is 4.83 Å². The zero-order valence-corrected chi connectivity index (χ0v) is 10.1. The zero-order valence-electron chi connectivity index (χ0n) is 8.48. The quantitative estimate of drug-likeness (QED) is 0.719. The van der Waals surface area contributed by atoms with Crippen molar-refractivity contribution >= 4 is 32.9 Å². The van der Waals surface area contributed by atoms with Crippen LogP contribution in [0.5, 0.6) is 0 Å². The van der Waals surface area contributed by atoms with Crippen molar-refractivity contribution in [3.05, 3.63) is 39.1 Å². The number of aromatic amines is 1. The molecule has 0 aromatic carbocycles. The highest BCUT2D eigenvalue weighted by atomic mass is 32.1. The Bertz CT molecular complexity index is 694. The highest BCUT2D eigenvalue weighted by Crippen LogP contribution is 2.37. The summed E-state index contributed by atoms with van der Waals surface area (Å²) < 4.78 is 0. The molecule has 0 amide bonds. The first-order valence-corrected chi connectivity index (χ1v) is 6.47. The summed E-state index contributed by atoms with van der Waals surface area (Å²) in [4.78, 5) is 21.7. The van der Waals surface area contributed by atoms with E-state index in [1.807, 2.05) is 24.4 Å². The van der Waals surface area contributed by atoms with Gasteiger partial charge in [-0.05, 0) is 18.4 Å². The summed E-state index contributed by atoms with van der Waals surface area (Å²) in [5, 5.41) is 2.73. The molecule has 0 unspecified atom stereocenters. The number of H-pyrrole nitrogens is 1. The van der Waals surface area contributed by atoms with Crippen LogP contribution in [0.1, 0.15) is 4.88 Å². The average molecular weight is 248 g/mol. The Hall–Kier alpha value is -1.46. The van der Waals surface area contributed by atoms with Crippen LogP contribution in [0.25, 0.3) is 20.7 Å². The smallest absolute Gasteiger partial charge is 0.260 e. The van der Waals surface area contributed by atoms with Crippen LogP contribution in [0.3, 0.4) is 0 Å². The topological polar surface area (TPSA) is 45.8 Å². The molecule has 3 heterocycles. The van der Waals surface area contributed by atoms with Crippen LogP contribution < -0.4 is 5.56 Å². The van der Waals surface area contributed by atoms with Crippen LogP contribution >= 0.6 is 22.7 Å². The van der Waals surface area contributed by atoms with Crippen LogP contribution in [0.4, 0.5) is 0 Å². The Morgan fingerprint density at radius 2 is 2.31 bits per heavy atom. The second kappa shape index (κ2) is 3.54. The molecule has 80 valence electrons. The predicted octanol–water partition coefficient (Wildman–Crippen LogP) is 3.02. The second-order valence-corrected chi connectivity index (χ2v) is 5.57. The summed E-state index contributed by atoms with van der Waals surface area (Å²) in [6.45, 7) is 2.03. The number of hydrogen-bond acceptors (Lipinski definition) is 4. The second-order valence-electron chi connectivity index (χ2n) is 3.42. The molecular formula is C11H8N2OS2. The first kappa shape index (κ1) is 9.74. The lowest BCUT2D eigenvalue weighted by molar-refractivity contribution is 1.18. The number of hydrogen-bond donors (Lipinski definition) is 1. The predicted molar refractivity (Wildman–Crippen MR) is 68.3 cm³/mol. The van der Waals surface area contributed by atoms with Gasteiger partial charge in [0.25, 0.3) is 5.56 Å². The third-order valence-corrected chi connectivity index (χ3v) is 4.34. The van der Waals surface area contributed by atoms with Crippen molar-refractivity contribution in [3.8, 4) is 10.4 Å². The SMILES string of the molecule is Cc1sc2nc[nH]c(=O)c2c1-c1cccs1. The minimum absolute atomic E-state index is 0.0576. The van der Waals surface area contributed by atoms with Crippen LogP contribution in [0.2, 0.25) is 0 Å². The maximum atomic E-state index is 11.8. The Morgan fingerprint density at radius 1 is 1.44 bits per heavy atom. The number of fused-ring (bicyclic) bond motifs is 1. The fourth-order valence-electron chi connectivity index (χ4n) is 1.77. The maximum Gasteiger partial charge on any atom is 0.260 e. The van der Waals surface area contributed by atoms with E-state index < -0.39 is 0 Å². The van der Waals surface area contributed by atoms with Gasteiger partial charge in [-0.3, -0.25) is 4.79 Å². The van der Waals surface area contributed by atoms with E-state index in [4.69, 9.17) is 0 Å². The number of aryl methyl sites for hydroxylation is 1. The lowest BCUT2D eigenvalue weighted by Gasteiger charge is -1.95. The molecule has 1 N–H and O–H groups in total. The van der Waals surface area contributed by atoms with Gasteiger partial charge in [0, 0.05) is 15.3 Å². The van der Waals surface area contributed by atoms with Gasteiger partial charge in [0.05, 0.1) is 11.7 Å². The van der Waals surface area contributed by atoms with E-state index in [0.717, 1.165) is 20.1 Å². The maximum absolute atomic E-state index is 11.8. The summed E-state index contributed by atoms with van der Waals surface area (Å²) in [7, 11) is 0. The van der Waals surface area contributed by atoms with Gasteiger partial charge in [-0.25, -0.2) is 4.98 Å². The highest BCUT2D eigenvalue weighted by Gasteiger charge is 2.15. The van der Waals surface area contributed by atoms with Gasteiger partial charge in [0.2, 0.25) is 0 Å². The van der Waals surface area contributed by atoms with E-state index in [1.54, 1.807) is 22.7 Å². The van der Waals surface area contributed by atoms with Crippen molar-refractivity contribution < 1.29 is 0 Å². The molecule has 0 fully saturated rings. The van der Waals surface area contributed by atoms with Crippen molar-refractivity contribution in [2.24, 2.45) is 0 Å². The number of aromatic nitrogens is 2. The molecule has 16 heavy (non-hydrogen) atoms. The molecule has 0 spiro atoms. The molecule has 0 bridgehead atoms. The summed E-state index contributed by atoms with van der Waals surface area (Å²) in [6, 6.07) is 4.03. The molecular weight excluding hydrogens is 240 g/mol. The molecule has 3 aromatic rings. The molecule has 0 aliphatic heterocycles. The Kier molecular flexibility index (Phi) is 2.15. The van der Waals surface area contributed by atoms with Crippen molar-refractivity contribution in [1.29, 1.82) is 0 Å². The fourth-order valence-corrected chi connectivity index (χ4v) is 3.68. The van der Waals surface area contributed by atoms with Gasteiger partial charge in [-0.2, -0.15) is 0 Å². The molecule has 0 radical (unpaired) electrons. The van der Waals surface area contributed by atoms with E-state index in [1.165, 1.54) is 6.33 Å². The number of nitrogens with one attached hydrogen (secondary N) is 1. The molecule has 3 nitrogen and oxygen atoms in total. The van der Waals surface area contributed by atoms with E-state index in [-0.39, 0.29) is 5.56 Å². The minimum atomic E-state index is -0.0576. The van der Waals surface area contributed by atoms with Gasteiger partial charge in [0.15, 0.2) is 0 Å². The van der Waals surface area contributed by atoms with Gasteiger partial charge >= 0.3 is 0 Å². The summed E-state index contributed by atoms with van der Waals surface area (Å²) in [5.41, 5.74) is 0.974. The Labute approximate surface area is 99.4 Å². The van der Waals surface area contributed by atoms with Crippen molar-refractivity contribution in [1.82, 2.24) is 9.97 Å². The third-order valence-electron chi connectivity index (χ3n) is 2.44.